The van der Waals surface area contributed by atoms with Crippen LogP contribution in [0.15, 0.2) is 14.7 Å². The average molecular weight is 370 g/mol. The number of rotatable bonds is 6. The minimum absolute atomic E-state index is 0.124. The van der Waals surface area contributed by atoms with E-state index in [0.29, 0.717) is 15.1 Å². The van der Waals surface area contributed by atoms with Gasteiger partial charge in [-0.1, -0.05) is 20.3 Å². The molecule has 19 heavy (non-hydrogen) atoms. The normalized spacial score (nSPS) is 15.2. The zero-order valence-electron chi connectivity index (χ0n) is 10.8. The fourth-order valence-corrected chi connectivity index (χ4v) is 5.29. The number of carbonyl (C=O) groups is 1. The standard InChI is InChI=1S/C11H16BrNO4S2/c1-4-6(2)10(11(14)15)13-19(16,17)8-5-9(12)18-7(8)3/h5-6,10,13H,4H2,1-3H3,(H,14,15)/t6-,10-/m0/s1. The third kappa shape index (κ3) is 4.01. The smallest absolute Gasteiger partial charge is 0.322 e. The summed E-state index contributed by atoms with van der Waals surface area (Å²) in [6.45, 7) is 5.21. The topological polar surface area (TPSA) is 83.5 Å². The molecule has 2 N–H and O–H groups in total. The van der Waals surface area contributed by atoms with Crippen LogP contribution in [0.1, 0.15) is 25.1 Å². The van der Waals surface area contributed by atoms with Crippen LogP contribution in [0.3, 0.4) is 0 Å². The molecular weight excluding hydrogens is 354 g/mol. The molecule has 0 aliphatic carbocycles. The van der Waals surface area contributed by atoms with Gasteiger partial charge >= 0.3 is 5.97 Å². The summed E-state index contributed by atoms with van der Waals surface area (Å²) in [4.78, 5) is 11.9. The molecule has 2 atom stereocenters. The Morgan fingerprint density at radius 2 is 2.16 bits per heavy atom. The molecule has 8 heteroatoms. The summed E-state index contributed by atoms with van der Waals surface area (Å²) in [6.07, 6.45) is 0.575. The van der Waals surface area contributed by atoms with Gasteiger partial charge in [0.15, 0.2) is 0 Å². The first-order valence-corrected chi connectivity index (χ1v) is 8.79. The highest BCUT2D eigenvalue weighted by Crippen LogP contribution is 2.30. The molecule has 0 amide bonds. The fourth-order valence-electron chi connectivity index (χ4n) is 1.57. The van der Waals surface area contributed by atoms with E-state index in [1.807, 2.05) is 6.92 Å². The molecule has 0 aromatic carbocycles. The van der Waals surface area contributed by atoms with Gasteiger partial charge < -0.3 is 5.11 Å². The Morgan fingerprint density at radius 1 is 1.58 bits per heavy atom. The van der Waals surface area contributed by atoms with E-state index in [2.05, 4.69) is 20.7 Å². The molecule has 0 aliphatic heterocycles. The highest BCUT2D eigenvalue weighted by atomic mass is 79.9. The lowest BCUT2D eigenvalue weighted by molar-refractivity contribution is -0.140. The molecule has 0 saturated heterocycles. The summed E-state index contributed by atoms with van der Waals surface area (Å²) in [7, 11) is -3.82. The molecule has 1 aromatic heterocycles. The largest absolute Gasteiger partial charge is 0.480 e. The molecule has 1 rings (SSSR count). The molecule has 0 spiro atoms. The van der Waals surface area contributed by atoms with Crippen molar-refractivity contribution in [1.82, 2.24) is 4.72 Å². The number of thiophene rings is 1. The van der Waals surface area contributed by atoms with Crippen LogP contribution in [0.4, 0.5) is 0 Å². The van der Waals surface area contributed by atoms with Crippen molar-refractivity contribution in [2.75, 3.05) is 0 Å². The van der Waals surface area contributed by atoms with E-state index in [1.165, 1.54) is 17.4 Å². The minimum Gasteiger partial charge on any atom is -0.480 e. The quantitative estimate of drug-likeness (QED) is 0.806. The van der Waals surface area contributed by atoms with Gasteiger partial charge in [0.2, 0.25) is 10.0 Å². The average Bonchev–Trinajstić information content (AvgIpc) is 2.65. The highest BCUT2D eigenvalue weighted by Gasteiger charge is 2.30. The molecule has 108 valence electrons. The number of hydrogen-bond donors (Lipinski definition) is 2. The second-order valence-corrected chi connectivity index (χ2v) is 8.61. The Balaban J connectivity index is 3.08. The molecule has 0 bridgehead atoms. The minimum atomic E-state index is -3.82. The van der Waals surface area contributed by atoms with Gasteiger partial charge in [0.1, 0.15) is 6.04 Å². The summed E-state index contributed by atoms with van der Waals surface area (Å²) < 4.78 is 27.4. The summed E-state index contributed by atoms with van der Waals surface area (Å²) in [5.74, 6) is -1.44. The molecule has 1 heterocycles. The van der Waals surface area contributed by atoms with Gasteiger partial charge in [0, 0.05) is 4.88 Å². The Morgan fingerprint density at radius 3 is 2.53 bits per heavy atom. The number of halogens is 1. The molecule has 0 unspecified atom stereocenters. The van der Waals surface area contributed by atoms with Gasteiger partial charge in [0.25, 0.3) is 0 Å². The highest BCUT2D eigenvalue weighted by molar-refractivity contribution is 9.11. The van der Waals surface area contributed by atoms with Crippen LogP contribution in [-0.4, -0.2) is 25.5 Å². The van der Waals surface area contributed by atoms with Gasteiger partial charge in [0.05, 0.1) is 8.68 Å². The Hall–Kier alpha value is -0.440. The number of hydrogen-bond acceptors (Lipinski definition) is 4. The fraction of sp³-hybridized carbons (Fsp3) is 0.545. The van der Waals surface area contributed by atoms with Crippen LogP contribution in [0.2, 0.25) is 0 Å². The van der Waals surface area contributed by atoms with Gasteiger partial charge in [-0.3, -0.25) is 4.79 Å². The number of carboxylic acid groups (broad SMARTS) is 1. The third-order valence-corrected chi connectivity index (χ3v) is 6.14. The Bertz CT molecular complexity index is 567. The van der Waals surface area contributed by atoms with Crippen LogP contribution < -0.4 is 4.72 Å². The first-order chi connectivity index (χ1) is 8.69. The van der Waals surface area contributed by atoms with Crippen molar-refractivity contribution in [3.05, 3.63) is 14.7 Å². The van der Waals surface area contributed by atoms with Crippen molar-refractivity contribution in [2.45, 2.75) is 38.1 Å². The van der Waals surface area contributed by atoms with Crippen LogP contribution in [0, 0.1) is 12.8 Å². The number of aliphatic carboxylic acids is 1. The number of aryl methyl sites for hydroxylation is 1. The Kier molecular flexibility index (Phi) is 5.54. The second kappa shape index (κ2) is 6.34. The molecule has 0 aliphatic rings. The van der Waals surface area contributed by atoms with Crippen LogP contribution >= 0.6 is 27.3 Å². The van der Waals surface area contributed by atoms with Crippen molar-refractivity contribution in [2.24, 2.45) is 5.92 Å². The van der Waals surface area contributed by atoms with E-state index in [-0.39, 0.29) is 10.8 Å². The van der Waals surface area contributed by atoms with E-state index in [0.717, 1.165) is 0 Å². The lowest BCUT2D eigenvalue weighted by Gasteiger charge is -2.19. The van der Waals surface area contributed by atoms with Crippen molar-refractivity contribution < 1.29 is 18.3 Å². The summed E-state index contributed by atoms with van der Waals surface area (Å²) >= 11 is 4.52. The summed E-state index contributed by atoms with van der Waals surface area (Å²) in [6, 6.07) is 0.366. The maximum Gasteiger partial charge on any atom is 0.322 e. The SMILES string of the molecule is CC[C@H](C)[C@H](NS(=O)(=O)c1cc(Br)sc1C)C(=O)O. The van der Waals surface area contributed by atoms with Crippen LogP contribution in [0.25, 0.3) is 0 Å². The first-order valence-electron chi connectivity index (χ1n) is 5.70. The van der Waals surface area contributed by atoms with Gasteiger partial charge in [-0.2, -0.15) is 4.72 Å². The van der Waals surface area contributed by atoms with Crippen LogP contribution in [0.5, 0.6) is 0 Å². The van der Waals surface area contributed by atoms with Gasteiger partial charge in [-0.25, -0.2) is 8.42 Å². The third-order valence-electron chi connectivity index (χ3n) is 2.89. The van der Waals surface area contributed by atoms with Gasteiger partial charge in [-0.05, 0) is 34.8 Å². The maximum atomic E-state index is 12.2. The first kappa shape index (κ1) is 16.6. The monoisotopic (exact) mass is 369 g/mol. The van der Waals surface area contributed by atoms with E-state index < -0.39 is 22.0 Å². The lowest BCUT2D eigenvalue weighted by atomic mass is 10.0. The van der Waals surface area contributed by atoms with E-state index in [9.17, 15) is 13.2 Å². The summed E-state index contributed by atoms with van der Waals surface area (Å²) in [5.41, 5.74) is 0. The molecule has 5 nitrogen and oxygen atoms in total. The predicted octanol–water partition coefficient (Wildman–Crippen LogP) is 2.60. The molecule has 0 radical (unpaired) electrons. The Labute approximate surface area is 125 Å². The zero-order valence-corrected chi connectivity index (χ0v) is 14.0. The van der Waals surface area contributed by atoms with Crippen molar-refractivity contribution in [3.63, 3.8) is 0 Å². The van der Waals surface area contributed by atoms with E-state index >= 15 is 0 Å². The van der Waals surface area contributed by atoms with Crippen molar-refractivity contribution in [1.29, 1.82) is 0 Å². The molecule has 1 aromatic rings. The molecule has 0 saturated carbocycles. The summed E-state index contributed by atoms with van der Waals surface area (Å²) in [5, 5.41) is 9.13. The lowest BCUT2D eigenvalue weighted by Crippen LogP contribution is -2.44. The van der Waals surface area contributed by atoms with Crippen LogP contribution in [-0.2, 0) is 14.8 Å². The predicted molar refractivity (Wildman–Crippen MR) is 78.0 cm³/mol. The van der Waals surface area contributed by atoms with Crippen molar-refractivity contribution >= 4 is 43.3 Å². The second-order valence-electron chi connectivity index (χ2n) is 4.29. The maximum absolute atomic E-state index is 12.2. The van der Waals surface area contributed by atoms with E-state index in [1.54, 1.807) is 13.8 Å². The number of nitrogens with one attached hydrogen (secondary N) is 1. The number of carboxylic acids is 1. The molecule has 0 fully saturated rings. The van der Waals surface area contributed by atoms with E-state index in [4.69, 9.17) is 5.11 Å². The van der Waals surface area contributed by atoms with Crippen molar-refractivity contribution in [3.8, 4) is 0 Å². The number of sulfonamides is 1. The zero-order chi connectivity index (χ0) is 14.8. The van der Waals surface area contributed by atoms with Gasteiger partial charge in [-0.15, -0.1) is 11.3 Å². The molecular formula is C11H16BrNO4S2.